The average Bonchev–Trinajstić information content (AvgIpc) is 2.25. The number of rotatable bonds is 9. The molecule has 0 rings (SSSR count). The normalized spacial score (nSPS) is 12.8. The van der Waals surface area contributed by atoms with Crippen molar-refractivity contribution >= 4 is 8.53 Å². The fourth-order valence-corrected chi connectivity index (χ4v) is 2.60. The molecule has 0 radical (unpaired) electrons. The van der Waals surface area contributed by atoms with Gasteiger partial charge in [-0.05, 0) is 13.8 Å². The van der Waals surface area contributed by atoms with Gasteiger partial charge in [-0.1, -0.05) is 13.0 Å². The zero-order valence-corrected chi connectivity index (χ0v) is 11.2. The number of hydrogen-bond acceptors (Lipinski definition) is 4. The highest BCUT2D eigenvalue weighted by molar-refractivity contribution is 7.44. The highest BCUT2D eigenvalue weighted by atomic mass is 31.2. The summed E-state index contributed by atoms with van der Waals surface area (Å²) in [4.78, 5) is 0. The zero-order valence-electron chi connectivity index (χ0n) is 10.3. The van der Waals surface area contributed by atoms with E-state index in [4.69, 9.17) is 14.3 Å². The van der Waals surface area contributed by atoms with Crippen LogP contribution < -0.4 is 0 Å². The molecule has 0 N–H and O–H groups in total. The van der Waals surface area contributed by atoms with E-state index in [1.807, 2.05) is 0 Å². The van der Waals surface area contributed by atoms with Crippen LogP contribution in [-0.2, 0) is 9.05 Å². The highest BCUT2D eigenvalue weighted by Crippen LogP contribution is 2.43. The summed E-state index contributed by atoms with van der Waals surface area (Å²) in [6.07, 6.45) is 2.10. The van der Waals surface area contributed by atoms with Gasteiger partial charge in [0.25, 0.3) is 8.53 Å². The third kappa shape index (κ3) is 6.19. The summed E-state index contributed by atoms with van der Waals surface area (Å²) in [5, 5.41) is 8.47. The Labute approximate surface area is 99.8 Å². The molecule has 5 heteroatoms. The van der Waals surface area contributed by atoms with E-state index >= 15 is 0 Å². The molecule has 0 fully saturated rings. The van der Waals surface area contributed by atoms with Gasteiger partial charge in [-0.25, -0.2) is 4.67 Å². The molecule has 16 heavy (non-hydrogen) atoms. The molecule has 0 aliphatic rings. The van der Waals surface area contributed by atoms with Crippen molar-refractivity contribution in [1.82, 2.24) is 4.67 Å². The molecule has 0 heterocycles. The largest absolute Gasteiger partial charge is 0.321 e. The van der Waals surface area contributed by atoms with Gasteiger partial charge in [0.15, 0.2) is 0 Å². The van der Waals surface area contributed by atoms with E-state index in [1.165, 1.54) is 0 Å². The molecule has 0 saturated heterocycles. The van der Waals surface area contributed by atoms with Crippen LogP contribution in [0.3, 0.4) is 0 Å². The molecule has 0 spiro atoms. The Morgan fingerprint density at radius 2 is 2.19 bits per heavy atom. The minimum absolute atomic E-state index is 0.364. The Morgan fingerprint density at radius 1 is 1.50 bits per heavy atom. The first-order valence-corrected chi connectivity index (χ1v) is 6.60. The number of nitrogens with zero attached hydrogens (tertiary/aromatic N) is 2. The molecule has 1 atom stereocenters. The van der Waals surface area contributed by atoms with E-state index in [9.17, 15) is 0 Å². The molecule has 0 aromatic rings. The predicted octanol–water partition coefficient (Wildman–Crippen LogP) is 3.08. The lowest BCUT2D eigenvalue weighted by molar-refractivity contribution is 0.209. The van der Waals surface area contributed by atoms with Crippen molar-refractivity contribution in [3.8, 4) is 6.07 Å². The maximum atomic E-state index is 8.47. The zero-order chi connectivity index (χ0) is 12.4. The maximum Gasteiger partial charge on any atom is 0.259 e. The summed E-state index contributed by atoms with van der Waals surface area (Å²) in [6, 6.07) is 2.42. The highest BCUT2D eigenvalue weighted by Gasteiger charge is 2.22. The van der Waals surface area contributed by atoms with E-state index in [2.05, 4.69) is 38.1 Å². The van der Waals surface area contributed by atoms with E-state index in [1.54, 1.807) is 6.08 Å². The van der Waals surface area contributed by atoms with Crippen LogP contribution >= 0.6 is 8.53 Å². The van der Waals surface area contributed by atoms with Crippen molar-refractivity contribution in [2.24, 2.45) is 0 Å². The Balaban J connectivity index is 4.26. The first-order chi connectivity index (χ1) is 7.67. The minimum atomic E-state index is -1.07. The van der Waals surface area contributed by atoms with Crippen molar-refractivity contribution in [2.45, 2.75) is 33.2 Å². The summed E-state index contributed by atoms with van der Waals surface area (Å²) >= 11 is 0. The lowest BCUT2D eigenvalue weighted by Crippen LogP contribution is -2.27. The van der Waals surface area contributed by atoms with Crippen molar-refractivity contribution in [3.05, 3.63) is 12.7 Å². The van der Waals surface area contributed by atoms with E-state index in [-0.39, 0.29) is 0 Å². The average molecular weight is 244 g/mol. The van der Waals surface area contributed by atoms with Gasteiger partial charge in [-0.2, -0.15) is 5.26 Å². The van der Waals surface area contributed by atoms with Crippen LogP contribution in [-0.4, -0.2) is 30.5 Å². The van der Waals surface area contributed by atoms with Crippen LogP contribution in [0.1, 0.15) is 27.2 Å². The van der Waals surface area contributed by atoms with Gasteiger partial charge >= 0.3 is 0 Å². The van der Waals surface area contributed by atoms with Crippen molar-refractivity contribution in [2.75, 3.05) is 19.8 Å². The fraction of sp³-hybridized carbons (Fsp3) is 0.727. The second-order valence-electron chi connectivity index (χ2n) is 3.41. The van der Waals surface area contributed by atoms with Gasteiger partial charge in [-0.15, -0.1) is 6.58 Å². The molecular formula is C11H21N2O2P. The van der Waals surface area contributed by atoms with Gasteiger partial charge < -0.3 is 9.05 Å². The van der Waals surface area contributed by atoms with Crippen LogP contribution in [0.25, 0.3) is 0 Å². The smallest absolute Gasteiger partial charge is 0.259 e. The molecular weight excluding hydrogens is 223 g/mol. The summed E-state index contributed by atoms with van der Waals surface area (Å²) in [7, 11) is -1.07. The van der Waals surface area contributed by atoms with Gasteiger partial charge in [0.2, 0.25) is 0 Å². The van der Waals surface area contributed by atoms with Crippen LogP contribution in [0, 0.1) is 11.3 Å². The Hall–Kier alpha value is -0.460. The van der Waals surface area contributed by atoms with E-state index in [0.717, 1.165) is 6.54 Å². The Morgan fingerprint density at radius 3 is 2.62 bits per heavy atom. The molecule has 0 aromatic carbocycles. The molecule has 1 unspecified atom stereocenters. The Kier molecular flexibility index (Phi) is 9.46. The molecule has 0 aliphatic carbocycles. The minimum Gasteiger partial charge on any atom is -0.321 e. The van der Waals surface area contributed by atoms with Gasteiger partial charge in [-0.3, -0.25) is 0 Å². The molecule has 0 aromatic heterocycles. The molecule has 0 saturated carbocycles. The molecule has 0 aliphatic heterocycles. The topological polar surface area (TPSA) is 45.5 Å². The fourth-order valence-electron chi connectivity index (χ4n) is 1.14. The van der Waals surface area contributed by atoms with Gasteiger partial charge in [0, 0.05) is 12.6 Å². The Bertz CT molecular complexity index is 229. The maximum absolute atomic E-state index is 8.47. The summed E-state index contributed by atoms with van der Waals surface area (Å²) in [6.45, 7) is 11.7. The van der Waals surface area contributed by atoms with E-state index in [0.29, 0.717) is 25.7 Å². The SMILES string of the molecule is C=CCOP(OCCC#N)N(CC)C(C)C. The second kappa shape index (κ2) is 9.74. The molecule has 0 bridgehead atoms. The summed E-state index contributed by atoms with van der Waals surface area (Å²) in [5.41, 5.74) is 0. The van der Waals surface area contributed by atoms with Gasteiger partial charge in [0.1, 0.15) is 0 Å². The first kappa shape index (κ1) is 15.5. The lowest BCUT2D eigenvalue weighted by Gasteiger charge is -2.31. The first-order valence-electron chi connectivity index (χ1n) is 5.47. The quantitative estimate of drug-likeness (QED) is 0.355. The molecule has 0 amide bonds. The van der Waals surface area contributed by atoms with Crippen molar-refractivity contribution in [1.29, 1.82) is 5.26 Å². The van der Waals surface area contributed by atoms with Crippen molar-refractivity contribution < 1.29 is 9.05 Å². The van der Waals surface area contributed by atoms with Crippen LogP contribution in [0.15, 0.2) is 12.7 Å². The third-order valence-electron chi connectivity index (χ3n) is 1.85. The number of nitriles is 1. The van der Waals surface area contributed by atoms with Crippen LogP contribution in [0.4, 0.5) is 0 Å². The third-order valence-corrected chi connectivity index (χ3v) is 3.79. The molecule has 92 valence electrons. The standard InChI is InChI=1S/C11H21N2O2P/c1-5-9-14-16(15-10-7-8-12)13(6-2)11(3)4/h5,11H,1,6-7,9-10H2,2-4H3. The monoisotopic (exact) mass is 244 g/mol. The number of hydrogen-bond donors (Lipinski definition) is 0. The predicted molar refractivity (Wildman–Crippen MR) is 66.8 cm³/mol. The van der Waals surface area contributed by atoms with Crippen LogP contribution in [0.5, 0.6) is 0 Å². The summed E-state index contributed by atoms with van der Waals surface area (Å²) < 4.78 is 13.3. The van der Waals surface area contributed by atoms with Crippen molar-refractivity contribution in [3.63, 3.8) is 0 Å². The van der Waals surface area contributed by atoms with Crippen LogP contribution in [0.2, 0.25) is 0 Å². The molecule has 4 nitrogen and oxygen atoms in total. The lowest BCUT2D eigenvalue weighted by atomic mass is 10.4. The second-order valence-corrected chi connectivity index (χ2v) is 4.92. The van der Waals surface area contributed by atoms with Gasteiger partial charge in [0.05, 0.1) is 25.7 Å². The summed E-state index contributed by atoms with van der Waals surface area (Å²) in [5.74, 6) is 0. The van der Waals surface area contributed by atoms with E-state index < -0.39 is 8.53 Å².